The van der Waals surface area contributed by atoms with Crippen molar-refractivity contribution >= 4 is 57.9 Å². The first-order valence-corrected chi connectivity index (χ1v) is 14.0. The van der Waals surface area contributed by atoms with E-state index in [1.807, 2.05) is 37.3 Å². The highest BCUT2D eigenvalue weighted by Crippen LogP contribution is 2.25. The monoisotopic (exact) mass is 633 g/mol. The minimum Gasteiger partial charge on any atom is -0.382 e. The van der Waals surface area contributed by atoms with E-state index in [1.165, 1.54) is 0 Å². The van der Waals surface area contributed by atoms with E-state index < -0.39 is 5.91 Å². The molecule has 1 aromatic heterocycles. The van der Waals surface area contributed by atoms with E-state index in [0.717, 1.165) is 5.56 Å². The Morgan fingerprint density at radius 3 is 2.53 bits per heavy atom. The van der Waals surface area contributed by atoms with Crippen molar-refractivity contribution in [2.45, 2.75) is 48.6 Å². The third-order valence-corrected chi connectivity index (χ3v) is 7.59. The van der Waals surface area contributed by atoms with Crippen LogP contribution in [0.15, 0.2) is 35.3 Å². The van der Waals surface area contributed by atoms with Crippen LogP contribution in [0, 0.1) is 0 Å². The number of hydrogen-bond donors (Lipinski definition) is 5. The van der Waals surface area contributed by atoms with Crippen LogP contribution in [0.2, 0.25) is 0 Å². The number of aliphatic imine (C=N–C) groups is 1. The number of nitrogens with one attached hydrogen (secondary N) is 3. The molecule has 2 saturated heterocycles. The zero-order chi connectivity index (χ0) is 27.3. The summed E-state index contributed by atoms with van der Waals surface area (Å²) in [5, 5.41) is 9.40. The fourth-order valence-corrected chi connectivity index (χ4v) is 5.13. The van der Waals surface area contributed by atoms with Gasteiger partial charge in [0.1, 0.15) is 5.82 Å². The normalized spacial score (nSPS) is 18.1. The second-order valence-corrected chi connectivity index (χ2v) is 10.3. The topological polar surface area (TPSA) is 181 Å². The number of amides is 3. The van der Waals surface area contributed by atoms with Crippen LogP contribution in [0.25, 0.3) is 0 Å². The lowest BCUT2D eigenvalue weighted by Gasteiger charge is -2.38. The van der Waals surface area contributed by atoms with Gasteiger partial charge in [-0.3, -0.25) is 14.4 Å². The summed E-state index contributed by atoms with van der Waals surface area (Å²) in [6, 6.07) is 9.59. The van der Waals surface area contributed by atoms with Crippen LogP contribution >= 0.6 is 22.6 Å². The Morgan fingerprint density at radius 2 is 1.84 bits per heavy atom. The highest BCUT2D eigenvalue weighted by molar-refractivity contribution is 14.1. The fraction of sp³-hybridized carbons (Fsp3) is 0.440. The molecule has 1 spiro atoms. The third kappa shape index (κ3) is 6.49. The Kier molecular flexibility index (Phi) is 8.64. The molecule has 0 saturated carbocycles. The molecule has 1 atom stereocenters. The zero-order valence-corrected chi connectivity index (χ0v) is 23.3. The lowest BCUT2D eigenvalue weighted by Crippen LogP contribution is -2.53. The smallest absolute Gasteiger partial charge is 0.302 e. The number of halogens is 1. The van der Waals surface area contributed by atoms with Gasteiger partial charge in [0.2, 0.25) is 11.8 Å². The number of carbonyl (C=O) groups is 3. The maximum atomic E-state index is 12.7. The molecular formula is C25H32IN9O3. The number of carbonyl (C=O) groups excluding carboxylic acids is 3. The van der Waals surface area contributed by atoms with Gasteiger partial charge in [0.15, 0.2) is 17.5 Å². The molecule has 13 heteroatoms. The van der Waals surface area contributed by atoms with E-state index in [-0.39, 0.29) is 53.6 Å². The average Bonchev–Trinajstić information content (AvgIpc) is 3.29. The number of anilines is 2. The number of alkyl halides is 1. The van der Waals surface area contributed by atoms with Gasteiger partial charge in [0.25, 0.3) is 0 Å². The molecule has 1 aromatic carbocycles. The van der Waals surface area contributed by atoms with Gasteiger partial charge >= 0.3 is 5.91 Å². The van der Waals surface area contributed by atoms with Crippen LogP contribution in [0.1, 0.15) is 60.4 Å². The lowest BCUT2D eigenvalue weighted by atomic mass is 9.88. The number of piperidine rings is 1. The molecule has 4 rings (SSSR count). The molecule has 12 nitrogen and oxygen atoms in total. The summed E-state index contributed by atoms with van der Waals surface area (Å²) in [7, 11) is 0. The number of guanidine groups is 1. The van der Waals surface area contributed by atoms with E-state index >= 15 is 0 Å². The summed E-state index contributed by atoms with van der Waals surface area (Å²) in [4.78, 5) is 51.9. The molecule has 38 heavy (non-hydrogen) atoms. The standard InChI is InChI=1S/C25H32IN9O3/c1-15(16-5-3-2-4-6-16)30-18(36)7-8-19(37)35-11-9-25(10-12-35)14-29-24(34-25)33-23(38)20-22(28)32-21(27)17(13-26)31-20/h2-6,15H,7-14H2,1H3,(H,30,36)(H4,27,28,32)(H2,29,33,34,38)/t15-/m1/s1. The van der Waals surface area contributed by atoms with Gasteiger partial charge in [-0.15, -0.1) is 0 Å². The van der Waals surface area contributed by atoms with Crippen LogP contribution in [0.4, 0.5) is 11.6 Å². The van der Waals surface area contributed by atoms with E-state index in [2.05, 4.69) is 53.5 Å². The van der Waals surface area contributed by atoms with Crippen molar-refractivity contribution < 1.29 is 14.4 Å². The Labute approximate surface area is 234 Å². The van der Waals surface area contributed by atoms with Crippen molar-refractivity contribution in [2.24, 2.45) is 4.99 Å². The molecule has 202 valence electrons. The number of nitrogens with two attached hydrogens (primary N) is 2. The van der Waals surface area contributed by atoms with Crippen molar-refractivity contribution in [1.82, 2.24) is 30.8 Å². The fourth-order valence-electron chi connectivity index (χ4n) is 4.57. The Morgan fingerprint density at radius 1 is 1.13 bits per heavy atom. The van der Waals surface area contributed by atoms with Gasteiger partial charge in [-0.1, -0.05) is 52.9 Å². The number of benzene rings is 1. The number of aromatic nitrogens is 2. The number of nitrogen functional groups attached to an aromatic ring is 2. The molecule has 2 aromatic rings. The van der Waals surface area contributed by atoms with E-state index in [1.54, 1.807) is 4.90 Å². The summed E-state index contributed by atoms with van der Waals surface area (Å²) in [6.07, 6.45) is 1.67. The molecule has 0 unspecified atom stereocenters. The Balaban J connectivity index is 1.25. The van der Waals surface area contributed by atoms with Crippen molar-refractivity contribution in [3.63, 3.8) is 0 Å². The minimum absolute atomic E-state index is 0.0365. The molecule has 2 aliphatic heterocycles. The SMILES string of the molecule is C[C@@H](NC(=O)CCC(=O)N1CCC2(CC1)CN/C(=N\C(=O)c1nc(CI)c(N)nc1N)N2)c1ccccc1. The minimum atomic E-state index is -0.611. The Bertz CT molecular complexity index is 1230. The second-order valence-electron chi connectivity index (χ2n) is 9.53. The van der Waals surface area contributed by atoms with Crippen molar-refractivity contribution in [3.8, 4) is 0 Å². The molecule has 0 radical (unpaired) electrons. The quantitative estimate of drug-likeness (QED) is 0.222. The van der Waals surface area contributed by atoms with E-state index in [9.17, 15) is 14.4 Å². The van der Waals surface area contributed by atoms with Gasteiger partial charge in [0.05, 0.1) is 17.3 Å². The van der Waals surface area contributed by atoms with Crippen LogP contribution in [-0.4, -0.2) is 63.7 Å². The van der Waals surface area contributed by atoms with Crippen LogP contribution in [0.3, 0.4) is 0 Å². The van der Waals surface area contributed by atoms with Gasteiger partial charge in [0, 0.05) is 36.9 Å². The summed E-state index contributed by atoms with van der Waals surface area (Å²) >= 11 is 2.08. The third-order valence-electron chi connectivity index (χ3n) is 6.86. The second kappa shape index (κ2) is 11.9. The molecule has 0 bridgehead atoms. The van der Waals surface area contributed by atoms with Crippen molar-refractivity contribution in [1.29, 1.82) is 0 Å². The maximum absolute atomic E-state index is 12.7. The van der Waals surface area contributed by atoms with Gasteiger partial charge in [-0.25, -0.2) is 9.97 Å². The predicted molar refractivity (Wildman–Crippen MR) is 152 cm³/mol. The van der Waals surface area contributed by atoms with E-state index in [0.29, 0.717) is 48.6 Å². The first kappa shape index (κ1) is 27.5. The van der Waals surface area contributed by atoms with Crippen LogP contribution in [0.5, 0.6) is 0 Å². The number of rotatable bonds is 7. The van der Waals surface area contributed by atoms with Crippen LogP contribution in [-0.2, 0) is 14.0 Å². The van der Waals surface area contributed by atoms with Gasteiger partial charge < -0.3 is 32.3 Å². The molecule has 3 amide bonds. The predicted octanol–water partition coefficient (Wildman–Crippen LogP) is 1.28. The highest BCUT2D eigenvalue weighted by atomic mass is 127. The highest BCUT2D eigenvalue weighted by Gasteiger charge is 2.40. The van der Waals surface area contributed by atoms with Gasteiger partial charge in [-0.05, 0) is 25.3 Å². The molecule has 2 fully saturated rings. The zero-order valence-electron chi connectivity index (χ0n) is 21.2. The molecule has 0 aliphatic carbocycles. The summed E-state index contributed by atoms with van der Waals surface area (Å²) < 4.78 is 0.486. The number of hydrogen-bond acceptors (Lipinski definition) is 7. The first-order valence-electron chi connectivity index (χ1n) is 12.4. The molecule has 3 heterocycles. The Hall–Kier alpha value is -3.49. The largest absolute Gasteiger partial charge is 0.382 e. The lowest BCUT2D eigenvalue weighted by molar-refractivity contribution is -0.135. The molecule has 7 N–H and O–H groups in total. The molecular weight excluding hydrogens is 601 g/mol. The number of likely N-dealkylation sites (tertiary alicyclic amines) is 1. The summed E-state index contributed by atoms with van der Waals surface area (Å²) in [6.45, 7) is 3.59. The summed E-state index contributed by atoms with van der Waals surface area (Å²) in [5.41, 5.74) is 12.8. The summed E-state index contributed by atoms with van der Waals surface area (Å²) in [5.74, 6) is -0.323. The van der Waals surface area contributed by atoms with Crippen molar-refractivity contribution in [2.75, 3.05) is 31.1 Å². The van der Waals surface area contributed by atoms with Crippen molar-refractivity contribution in [3.05, 3.63) is 47.3 Å². The van der Waals surface area contributed by atoms with Crippen LogP contribution < -0.4 is 27.4 Å². The van der Waals surface area contributed by atoms with E-state index in [4.69, 9.17) is 11.5 Å². The first-order chi connectivity index (χ1) is 18.2. The average molecular weight is 633 g/mol. The maximum Gasteiger partial charge on any atom is 0.302 e. The molecule has 2 aliphatic rings. The van der Waals surface area contributed by atoms with Gasteiger partial charge in [-0.2, -0.15) is 4.99 Å². The number of nitrogens with zero attached hydrogens (tertiary/aromatic N) is 4.